The number of furan rings is 1. The third-order valence-corrected chi connectivity index (χ3v) is 4.54. The summed E-state index contributed by atoms with van der Waals surface area (Å²) >= 11 is 13.0. The average Bonchev–Trinajstić information content (AvgIpc) is 2.57. The van der Waals surface area contributed by atoms with E-state index >= 15 is 0 Å². The van der Waals surface area contributed by atoms with Crippen LogP contribution in [0.3, 0.4) is 0 Å². The number of benzene rings is 1. The second-order valence-corrected chi connectivity index (χ2v) is 5.92. The Kier molecular flexibility index (Phi) is 3.98. The van der Waals surface area contributed by atoms with Gasteiger partial charge in [0.1, 0.15) is 11.5 Å². The number of halogens is 2. The van der Waals surface area contributed by atoms with Crippen LogP contribution in [-0.2, 0) is 0 Å². The Balaban J connectivity index is 2.56. The Hall–Kier alpha value is -0.920. The van der Waals surface area contributed by atoms with E-state index in [2.05, 4.69) is 13.0 Å². The normalized spacial score (nSPS) is 12.8. The fraction of sp³-hybridized carbons (Fsp3) is 0.375. The molecule has 1 aromatic heterocycles. The van der Waals surface area contributed by atoms with Gasteiger partial charge in [-0.25, -0.2) is 0 Å². The fourth-order valence-corrected chi connectivity index (χ4v) is 3.22. The molecule has 1 aromatic carbocycles. The highest BCUT2D eigenvalue weighted by atomic mass is 35.5. The van der Waals surface area contributed by atoms with Gasteiger partial charge in [-0.2, -0.15) is 0 Å². The van der Waals surface area contributed by atoms with E-state index in [1.54, 1.807) is 0 Å². The molecule has 2 aromatic rings. The molecule has 2 rings (SSSR count). The van der Waals surface area contributed by atoms with Gasteiger partial charge in [0.25, 0.3) is 0 Å². The Labute approximate surface area is 124 Å². The van der Waals surface area contributed by atoms with Crippen molar-refractivity contribution in [2.75, 3.05) is 0 Å². The van der Waals surface area contributed by atoms with Crippen molar-refractivity contribution in [1.82, 2.24) is 0 Å². The molecule has 102 valence electrons. The molecule has 0 saturated carbocycles. The van der Waals surface area contributed by atoms with Crippen LogP contribution in [0.25, 0.3) is 0 Å². The number of hydrogen-bond donors (Lipinski definition) is 0. The molecule has 0 aliphatic carbocycles. The van der Waals surface area contributed by atoms with E-state index < -0.39 is 0 Å². The lowest BCUT2D eigenvalue weighted by molar-refractivity contribution is 0.500. The topological polar surface area (TPSA) is 13.1 Å². The molecular weight excluding hydrogens is 279 g/mol. The first-order valence-electron chi connectivity index (χ1n) is 6.30. The molecule has 0 fully saturated rings. The lowest BCUT2D eigenvalue weighted by atomic mass is 9.97. The molecule has 1 atom stereocenters. The molecule has 1 heterocycles. The molecule has 0 saturated heterocycles. The number of rotatable bonds is 2. The quantitative estimate of drug-likeness (QED) is 0.638. The monoisotopic (exact) mass is 296 g/mol. The van der Waals surface area contributed by atoms with Gasteiger partial charge in [0.2, 0.25) is 0 Å². The largest absolute Gasteiger partial charge is 0.466 e. The molecule has 0 aliphatic heterocycles. The minimum atomic E-state index is -0.274. The highest BCUT2D eigenvalue weighted by molar-refractivity contribution is 6.33. The highest BCUT2D eigenvalue weighted by Gasteiger charge is 2.23. The van der Waals surface area contributed by atoms with Gasteiger partial charge in [-0.05, 0) is 62.9 Å². The molecule has 0 spiro atoms. The molecule has 0 amide bonds. The van der Waals surface area contributed by atoms with Gasteiger partial charge in [0, 0.05) is 10.6 Å². The first-order valence-corrected chi connectivity index (χ1v) is 7.11. The van der Waals surface area contributed by atoms with Crippen LogP contribution in [0.2, 0.25) is 5.02 Å². The second kappa shape index (κ2) is 5.22. The Morgan fingerprint density at radius 3 is 2.05 bits per heavy atom. The number of aryl methyl sites for hydroxylation is 4. The summed E-state index contributed by atoms with van der Waals surface area (Å²) in [6.07, 6.45) is 0. The molecule has 1 unspecified atom stereocenters. The van der Waals surface area contributed by atoms with Crippen molar-refractivity contribution in [1.29, 1.82) is 0 Å². The Bertz CT molecular complexity index is 626. The molecule has 19 heavy (non-hydrogen) atoms. The van der Waals surface area contributed by atoms with Gasteiger partial charge in [0.15, 0.2) is 0 Å². The minimum absolute atomic E-state index is 0.274. The molecule has 0 bridgehead atoms. The Morgan fingerprint density at radius 2 is 1.53 bits per heavy atom. The third kappa shape index (κ3) is 2.54. The van der Waals surface area contributed by atoms with E-state index in [1.807, 2.05) is 33.8 Å². The predicted octanol–water partition coefficient (Wildman–Crippen LogP) is 5.80. The van der Waals surface area contributed by atoms with E-state index in [0.717, 1.165) is 28.2 Å². The van der Waals surface area contributed by atoms with Gasteiger partial charge >= 0.3 is 0 Å². The zero-order chi connectivity index (χ0) is 14.3. The number of alkyl halides is 1. The Morgan fingerprint density at radius 1 is 0.947 bits per heavy atom. The van der Waals surface area contributed by atoms with Gasteiger partial charge in [-0.3, -0.25) is 0 Å². The lowest BCUT2D eigenvalue weighted by Crippen LogP contribution is -1.99. The molecule has 0 radical (unpaired) electrons. The summed E-state index contributed by atoms with van der Waals surface area (Å²) in [4.78, 5) is 0. The van der Waals surface area contributed by atoms with Crippen molar-refractivity contribution in [3.05, 3.63) is 56.5 Å². The van der Waals surface area contributed by atoms with E-state index in [9.17, 15) is 0 Å². The predicted molar refractivity (Wildman–Crippen MR) is 81.5 cm³/mol. The van der Waals surface area contributed by atoms with Crippen LogP contribution >= 0.6 is 23.2 Å². The van der Waals surface area contributed by atoms with Crippen LogP contribution in [0.1, 0.15) is 44.7 Å². The lowest BCUT2D eigenvalue weighted by Gasteiger charge is -2.14. The van der Waals surface area contributed by atoms with Crippen molar-refractivity contribution < 1.29 is 4.42 Å². The van der Waals surface area contributed by atoms with Gasteiger partial charge in [-0.15, -0.1) is 11.6 Å². The van der Waals surface area contributed by atoms with Crippen LogP contribution < -0.4 is 0 Å². The molecule has 1 nitrogen and oxygen atoms in total. The smallest absolute Gasteiger partial charge is 0.106 e. The first kappa shape index (κ1) is 14.5. The van der Waals surface area contributed by atoms with Crippen molar-refractivity contribution in [3.8, 4) is 0 Å². The molecule has 3 heteroatoms. The van der Waals surface area contributed by atoms with Gasteiger partial charge < -0.3 is 4.42 Å². The van der Waals surface area contributed by atoms with E-state index in [1.165, 1.54) is 11.1 Å². The first-order chi connectivity index (χ1) is 8.82. The second-order valence-electron chi connectivity index (χ2n) is 5.07. The van der Waals surface area contributed by atoms with Gasteiger partial charge in [0.05, 0.1) is 5.38 Å². The van der Waals surface area contributed by atoms with Crippen LogP contribution in [0.4, 0.5) is 0 Å². The van der Waals surface area contributed by atoms with Crippen LogP contribution in [0, 0.1) is 34.6 Å². The molecular formula is C16H18Cl2O. The molecule has 0 aliphatic rings. The van der Waals surface area contributed by atoms with Gasteiger partial charge in [-0.1, -0.05) is 17.7 Å². The summed E-state index contributed by atoms with van der Waals surface area (Å²) in [5.41, 5.74) is 5.45. The van der Waals surface area contributed by atoms with E-state index in [-0.39, 0.29) is 5.38 Å². The SMILES string of the molecule is Cc1cc(Cl)c(C(Cl)c2c(C)oc(C)c2C)cc1C. The average molecular weight is 297 g/mol. The highest BCUT2D eigenvalue weighted by Crippen LogP contribution is 2.39. The fourth-order valence-electron chi connectivity index (χ4n) is 2.34. The van der Waals surface area contributed by atoms with E-state index in [0.29, 0.717) is 5.02 Å². The van der Waals surface area contributed by atoms with Crippen LogP contribution in [0.15, 0.2) is 16.5 Å². The maximum Gasteiger partial charge on any atom is 0.106 e. The van der Waals surface area contributed by atoms with Crippen molar-refractivity contribution >= 4 is 23.2 Å². The summed E-state index contributed by atoms with van der Waals surface area (Å²) in [6.45, 7) is 10.1. The third-order valence-electron chi connectivity index (χ3n) is 3.76. The van der Waals surface area contributed by atoms with Crippen LogP contribution in [-0.4, -0.2) is 0 Å². The summed E-state index contributed by atoms with van der Waals surface area (Å²) in [5, 5.41) is 0.435. The maximum absolute atomic E-state index is 6.64. The summed E-state index contributed by atoms with van der Waals surface area (Å²) in [5.74, 6) is 1.78. The summed E-state index contributed by atoms with van der Waals surface area (Å²) in [6, 6.07) is 4.04. The van der Waals surface area contributed by atoms with Crippen molar-refractivity contribution in [3.63, 3.8) is 0 Å². The maximum atomic E-state index is 6.64. The summed E-state index contributed by atoms with van der Waals surface area (Å²) < 4.78 is 5.65. The van der Waals surface area contributed by atoms with Crippen molar-refractivity contribution in [2.24, 2.45) is 0 Å². The summed E-state index contributed by atoms with van der Waals surface area (Å²) in [7, 11) is 0. The zero-order valence-electron chi connectivity index (χ0n) is 11.9. The van der Waals surface area contributed by atoms with Crippen LogP contribution in [0.5, 0.6) is 0 Å². The van der Waals surface area contributed by atoms with E-state index in [4.69, 9.17) is 27.6 Å². The minimum Gasteiger partial charge on any atom is -0.466 e. The van der Waals surface area contributed by atoms with Crippen molar-refractivity contribution in [2.45, 2.75) is 40.0 Å². The number of hydrogen-bond acceptors (Lipinski definition) is 1. The molecule has 0 N–H and O–H groups in total. The standard InChI is InChI=1S/C16H18Cl2O/c1-8-6-13(14(17)7-9(8)2)16(18)15-10(3)11(4)19-12(15)5/h6-7,16H,1-5H3. The zero-order valence-corrected chi connectivity index (χ0v) is 13.4.